The van der Waals surface area contributed by atoms with Crippen LogP contribution in [-0.2, 0) is 14.6 Å². The lowest BCUT2D eigenvalue weighted by atomic mass is 9.33. The summed E-state index contributed by atoms with van der Waals surface area (Å²) in [5.74, 6) is 1.44. The van der Waals surface area contributed by atoms with Gasteiger partial charge in [-0.3, -0.25) is 4.79 Å². The minimum atomic E-state index is -2.89. The molecular weight excluding hydrogens is 783 g/mol. The molecule has 59 heavy (non-hydrogen) atoms. The number of carboxylic acids is 2. The van der Waals surface area contributed by atoms with Crippen LogP contribution in [0, 0.1) is 56.7 Å². The van der Waals surface area contributed by atoms with E-state index in [1.165, 1.54) is 73.5 Å². The molecule has 7 aliphatic rings. The number of aromatic carboxylic acids is 1. The number of hydrogen-bond acceptors (Lipinski definition) is 9. The summed E-state index contributed by atoms with van der Waals surface area (Å²) in [4.78, 5) is 30.4. The van der Waals surface area contributed by atoms with E-state index in [0.717, 1.165) is 30.8 Å². The first-order valence-corrected chi connectivity index (χ1v) is 25.2. The molecule has 3 N–H and O–H groups in total. The molecule has 4 saturated carbocycles. The molecule has 4 unspecified atom stereocenters. The zero-order valence-electron chi connectivity index (χ0n) is 36.4. The van der Waals surface area contributed by atoms with Gasteiger partial charge >= 0.3 is 11.9 Å². The second kappa shape index (κ2) is 15.1. The van der Waals surface area contributed by atoms with Gasteiger partial charge in [-0.2, -0.15) is 4.98 Å². The summed E-state index contributed by atoms with van der Waals surface area (Å²) in [5.41, 5.74) is 3.56. The molecule has 1 aliphatic heterocycles. The highest BCUT2D eigenvalue weighted by Crippen LogP contribution is 2.76. The predicted molar refractivity (Wildman–Crippen MR) is 232 cm³/mol. The van der Waals surface area contributed by atoms with E-state index in [0.29, 0.717) is 61.9 Å². The van der Waals surface area contributed by atoms with Gasteiger partial charge in [-0.05, 0) is 146 Å². The van der Waals surface area contributed by atoms with Crippen LogP contribution in [0.15, 0.2) is 40.8 Å². The van der Waals surface area contributed by atoms with E-state index in [9.17, 15) is 28.2 Å². The fourth-order valence-corrected chi connectivity index (χ4v) is 17.1. The second-order valence-electron chi connectivity index (χ2n) is 21.4. The number of nitrogens with zero attached hydrogens (tertiary/aromatic N) is 2. The van der Waals surface area contributed by atoms with Crippen LogP contribution < -0.4 is 10.1 Å². The maximum absolute atomic E-state index is 12.7. The summed E-state index contributed by atoms with van der Waals surface area (Å²) in [6.45, 7) is 22.9. The highest BCUT2D eigenvalue weighted by atomic mass is 32.2. The van der Waals surface area contributed by atoms with Gasteiger partial charge in [-0.25, -0.2) is 13.2 Å². The molecule has 0 aromatic carbocycles. The number of ether oxygens (including phenoxy) is 1. The average molecular weight is 852 g/mol. The van der Waals surface area contributed by atoms with Gasteiger partial charge in [0.2, 0.25) is 0 Å². The van der Waals surface area contributed by atoms with Crippen molar-refractivity contribution in [3.63, 3.8) is 0 Å². The summed E-state index contributed by atoms with van der Waals surface area (Å²) in [7, 11) is -2.89. The second-order valence-corrected chi connectivity index (χ2v) is 24.5. The molecule has 10 nitrogen and oxygen atoms in total. The first kappa shape index (κ1) is 43.1. The molecule has 1 aromatic heterocycles. The smallest absolute Gasteiger partial charge is 0.355 e. The highest BCUT2D eigenvalue weighted by molar-refractivity contribution is 7.91. The number of carboxylic acid groups (broad SMARTS) is 2. The Morgan fingerprint density at radius 1 is 0.949 bits per heavy atom. The molecular formula is C47H69N3O7S2. The molecule has 326 valence electrons. The van der Waals surface area contributed by atoms with E-state index >= 15 is 0 Å². The van der Waals surface area contributed by atoms with Crippen molar-refractivity contribution in [1.29, 1.82) is 0 Å². The fourth-order valence-electron chi connectivity index (χ4n) is 15.2. The molecule has 0 radical (unpaired) electrons. The summed E-state index contributed by atoms with van der Waals surface area (Å²) in [6, 6.07) is 0. The van der Waals surface area contributed by atoms with Crippen molar-refractivity contribution in [3.8, 4) is 5.19 Å². The normalized spacial score (nSPS) is 41.3. The van der Waals surface area contributed by atoms with Crippen molar-refractivity contribution in [1.82, 2.24) is 15.2 Å². The molecule has 1 aromatic rings. The number of nitrogens with one attached hydrogen (secondary N) is 1. The molecule has 0 spiro atoms. The number of allylic oxidation sites excluding steroid dienone is 5. The van der Waals surface area contributed by atoms with Crippen LogP contribution in [0.1, 0.15) is 129 Å². The molecule has 0 amide bonds. The zero-order chi connectivity index (χ0) is 42.4. The quantitative estimate of drug-likeness (QED) is 0.185. The summed E-state index contributed by atoms with van der Waals surface area (Å²) in [6.07, 6.45) is 17.1. The van der Waals surface area contributed by atoms with E-state index < -0.39 is 27.2 Å². The van der Waals surface area contributed by atoms with E-state index in [4.69, 9.17) is 4.74 Å². The van der Waals surface area contributed by atoms with E-state index in [2.05, 4.69) is 75.5 Å². The van der Waals surface area contributed by atoms with E-state index in [1.807, 2.05) is 0 Å². The van der Waals surface area contributed by atoms with Crippen LogP contribution >= 0.6 is 11.3 Å². The molecule has 6 aliphatic carbocycles. The van der Waals surface area contributed by atoms with Gasteiger partial charge < -0.3 is 25.2 Å². The van der Waals surface area contributed by atoms with Crippen molar-refractivity contribution in [2.24, 2.45) is 56.7 Å². The lowest BCUT2D eigenvalue weighted by Crippen LogP contribution is -2.68. The maximum Gasteiger partial charge on any atom is 0.355 e. The summed E-state index contributed by atoms with van der Waals surface area (Å²) < 4.78 is 30.0. The SMILES string of the molecule is C=C(C)[C@@H]1CC[C@]2(NCCN3CCS(=O)(=O)CC3)CC[C@]3(C)[C@H](CCC4[C@@]5(C)CC=C(C6=CCC(COc7nc(C(=O)O)cs7)(C(=O)O)CC6)C(C)(C)C5CC[C@]43C)C12. The Morgan fingerprint density at radius 3 is 2.34 bits per heavy atom. The standard InChI is InChI=1S/C47H69N3O7S2/c1-30(2)32-12-19-47(48-22-23-50-24-26-59(55,56)27-25-50)21-20-44(6)34(38(32)47)8-9-37-43(5)15-13-33(42(3,4)36(43)14-16-45(37,44)7)31-10-17-46(18-11-31,40(53)54)29-57-41-49-35(28-58-41)39(51)52/h10,13,28,32,34,36-38,48H,1,8-9,11-12,14-27,29H2,2-7H3,(H,51,52)(H,53,54)/t32-,34+,36?,37?,38?,43-,44+,45+,46?,47-/m0/s1. The molecule has 10 atom stereocenters. The minimum absolute atomic E-state index is 0.0418. The summed E-state index contributed by atoms with van der Waals surface area (Å²) >= 11 is 1.08. The van der Waals surface area contributed by atoms with Crippen LogP contribution in [0.2, 0.25) is 0 Å². The molecule has 0 bridgehead atoms. The Kier molecular flexibility index (Phi) is 11.0. The molecule has 1 saturated heterocycles. The first-order valence-electron chi connectivity index (χ1n) is 22.5. The number of carbonyl (C=O) groups is 2. The zero-order valence-corrected chi connectivity index (χ0v) is 38.0. The van der Waals surface area contributed by atoms with Gasteiger partial charge in [0.1, 0.15) is 12.0 Å². The van der Waals surface area contributed by atoms with Crippen molar-refractivity contribution in [3.05, 3.63) is 46.5 Å². The van der Waals surface area contributed by atoms with Gasteiger partial charge in [0.25, 0.3) is 5.19 Å². The topological polar surface area (TPSA) is 146 Å². The van der Waals surface area contributed by atoms with Crippen LogP contribution in [0.5, 0.6) is 5.19 Å². The number of hydrogen-bond donors (Lipinski definition) is 3. The third-order valence-corrected chi connectivity index (χ3v) is 20.9. The van der Waals surface area contributed by atoms with Gasteiger partial charge in [-0.15, -0.1) is 0 Å². The average Bonchev–Trinajstić information content (AvgIpc) is 3.81. The summed E-state index contributed by atoms with van der Waals surface area (Å²) in [5, 5.41) is 25.5. The number of rotatable bonds is 11. The minimum Gasteiger partial charge on any atom is -0.481 e. The maximum atomic E-state index is 12.7. The number of thiazole rings is 1. The number of fused-ring (bicyclic) bond motifs is 7. The largest absolute Gasteiger partial charge is 0.481 e. The first-order chi connectivity index (χ1) is 27.7. The molecule has 5 fully saturated rings. The molecule has 2 heterocycles. The van der Waals surface area contributed by atoms with Gasteiger partial charge in [0.15, 0.2) is 15.5 Å². The number of aliphatic carboxylic acids is 1. The number of aromatic nitrogens is 1. The van der Waals surface area contributed by atoms with E-state index in [1.54, 1.807) is 0 Å². The van der Waals surface area contributed by atoms with Crippen LogP contribution in [0.3, 0.4) is 0 Å². The van der Waals surface area contributed by atoms with Crippen LogP contribution in [0.4, 0.5) is 0 Å². The Hall–Kier alpha value is -2.54. The van der Waals surface area contributed by atoms with Crippen molar-refractivity contribution in [2.75, 3.05) is 44.3 Å². The van der Waals surface area contributed by atoms with Crippen LogP contribution in [-0.4, -0.2) is 90.3 Å². The Labute approximate surface area is 356 Å². The van der Waals surface area contributed by atoms with Crippen molar-refractivity contribution in [2.45, 2.75) is 124 Å². The fraction of sp³-hybridized carbons (Fsp3) is 0.766. The third kappa shape index (κ3) is 7.00. The monoisotopic (exact) mass is 851 g/mol. The lowest BCUT2D eigenvalue weighted by molar-refractivity contribution is -0.221. The van der Waals surface area contributed by atoms with Gasteiger partial charge in [-0.1, -0.05) is 70.3 Å². The van der Waals surface area contributed by atoms with E-state index in [-0.39, 0.29) is 56.2 Å². The Morgan fingerprint density at radius 2 is 1.69 bits per heavy atom. The Bertz CT molecular complexity index is 2030. The van der Waals surface area contributed by atoms with Crippen molar-refractivity contribution < 1.29 is 33.0 Å². The third-order valence-electron chi connectivity index (χ3n) is 18.6. The van der Waals surface area contributed by atoms with Gasteiger partial charge in [0, 0.05) is 37.1 Å². The molecule has 12 heteroatoms. The predicted octanol–water partition coefficient (Wildman–Crippen LogP) is 8.67. The van der Waals surface area contributed by atoms with Crippen LogP contribution in [0.25, 0.3) is 0 Å². The van der Waals surface area contributed by atoms with Crippen molar-refractivity contribution >= 4 is 33.1 Å². The van der Waals surface area contributed by atoms with Gasteiger partial charge in [0.05, 0.1) is 11.5 Å². The Balaban J connectivity index is 1.000. The highest BCUT2D eigenvalue weighted by Gasteiger charge is 2.70. The molecule has 8 rings (SSSR count). The number of sulfone groups is 1. The lowest BCUT2D eigenvalue weighted by Gasteiger charge is -2.72.